The maximum Gasteiger partial charge on any atom is 0.335 e. The predicted octanol–water partition coefficient (Wildman–Crippen LogP) is 6.69. The fourth-order valence-electron chi connectivity index (χ4n) is 5.12. The number of rotatable bonds is 11. The SMILES string of the molecule is [C-]#[N+]c1ccc(COc2cccc(-c3ccc(Cc4nc5ccc(C(=O)O)cc5n4CCOC)c(-c4ccn[nH]4)c3)n2)c(F)c1. The Hall–Kier alpha value is -5.86. The van der Waals surface area contributed by atoms with Crippen LogP contribution in [0.3, 0.4) is 0 Å². The normalized spacial score (nSPS) is 11.0. The van der Waals surface area contributed by atoms with Crippen molar-refractivity contribution in [3.8, 4) is 28.4 Å². The maximum atomic E-state index is 14.4. The molecule has 6 rings (SSSR count). The first-order valence-corrected chi connectivity index (χ1v) is 14.0. The molecule has 0 aliphatic carbocycles. The molecule has 11 heteroatoms. The molecule has 2 N–H and O–H groups in total. The third-order valence-electron chi connectivity index (χ3n) is 7.40. The van der Waals surface area contributed by atoms with Gasteiger partial charge in [-0.05, 0) is 48.0 Å². The summed E-state index contributed by atoms with van der Waals surface area (Å²) in [6.07, 6.45) is 2.15. The average Bonchev–Trinajstić information content (AvgIpc) is 3.71. The first kappa shape index (κ1) is 29.2. The van der Waals surface area contributed by atoms with Gasteiger partial charge in [0.05, 0.1) is 41.2 Å². The van der Waals surface area contributed by atoms with Gasteiger partial charge in [0.25, 0.3) is 0 Å². The van der Waals surface area contributed by atoms with E-state index in [1.807, 2.05) is 41.0 Å². The lowest BCUT2D eigenvalue weighted by molar-refractivity contribution is 0.0697. The minimum Gasteiger partial charge on any atom is -0.478 e. The summed E-state index contributed by atoms with van der Waals surface area (Å²) >= 11 is 0. The van der Waals surface area contributed by atoms with Crippen LogP contribution in [0.1, 0.15) is 27.3 Å². The maximum absolute atomic E-state index is 14.4. The highest BCUT2D eigenvalue weighted by Gasteiger charge is 2.17. The number of carboxylic acids is 1. The summed E-state index contributed by atoms with van der Waals surface area (Å²) in [6, 6.07) is 22.5. The van der Waals surface area contributed by atoms with Crippen molar-refractivity contribution in [3.05, 3.63) is 125 Å². The van der Waals surface area contributed by atoms with Crippen LogP contribution in [-0.2, 0) is 24.3 Å². The molecule has 0 radical (unpaired) electrons. The number of methoxy groups -OCH3 is 1. The van der Waals surface area contributed by atoms with E-state index in [1.54, 1.807) is 43.6 Å². The lowest BCUT2D eigenvalue weighted by Gasteiger charge is -2.13. The summed E-state index contributed by atoms with van der Waals surface area (Å²) in [5, 5.41) is 16.8. The van der Waals surface area contributed by atoms with E-state index in [4.69, 9.17) is 21.0 Å². The second-order valence-electron chi connectivity index (χ2n) is 10.2. The smallest absolute Gasteiger partial charge is 0.335 e. The molecule has 224 valence electrons. The number of halogens is 1. The molecule has 3 heterocycles. The number of hydrogen-bond donors (Lipinski definition) is 2. The molecule has 0 unspecified atom stereocenters. The lowest BCUT2D eigenvalue weighted by atomic mass is 9.97. The van der Waals surface area contributed by atoms with Crippen LogP contribution >= 0.6 is 0 Å². The summed E-state index contributed by atoms with van der Waals surface area (Å²) in [6.45, 7) is 7.96. The number of fused-ring (bicyclic) bond motifs is 1. The lowest BCUT2D eigenvalue weighted by Crippen LogP contribution is -2.10. The van der Waals surface area contributed by atoms with Gasteiger partial charge in [0.15, 0.2) is 5.69 Å². The van der Waals surface area contributed by atoms with Gasteiger partial charge in [-0.2, -0.15) is 5.10 Å². The topological polar surface area (TPSA) is 120 Å². The number of nitrogens with zero attached hydrogens (tertiary/aromatic N) is 5. The molecule has 0 amide bonds. The molecule has 10 nitrogen and oxygen atoms in total. The zero-order valence-electron chi connectivity index (χ0n) is 24.2. The Labute approximate surface area is 257 Å². The zero-order valence-corrected chi connectivity index (χ0v) is 24.2. The highest BCUT2D eigenvalue weighted by molar-refractivity contribution is 5.92. The summed E-state index contributed by atoms with van der Waals surface area (Å²) in [5.74, 6) is -0.401. The number of H-pyrrole nitrogens is 1. The number of pyridine rings is 1. The Balaban J connectivity index is 1.32. The number of imidazole rings is 1. The van der Waals surface area contributed by atoms with Gasteiger partial charge >= 0.3 is 5.97 Å². The van der Waals surface area contributed by atoms with Crippen LogP contribution in [0.2, 0.25) is 0 Å². The van der Waals surface area contributed by atoms with Gasteiger partial charge in [-0.1, -0.05) is 30.3 Å². The van der Waals surface area contributed by atoms with Crippen molar-refractivity contribution >= 4 is 22.7 Å². The molecular weight excluding hydrogens is 575 g/mol. The van der Waals surface area contributed by atoms with Crippen molar-refractivity contribution < 1.29 is 23.8 Å². The molecule has 0 saturated carbocycles. The highest BCUT2D eigenvalue weighted by atomic mass is 19.1. The number of carbonyl (C=O) groups is 1. The number of nitrogens with one attached hydrogen (secondary N) is 1. The van der Waals surface area contributed by atoms with E-state index in [-0.39, 0.29) is 17.9 Å². The number of benzene rings is 3. The van der Waals surface area contributed by atoms with Crippen LogP contribution in [0.15, 0.2) is 85.1 Å². The highest BCUT2D eigenvalue weighted by Crippen LogP contribution is 2.31. The van der Waals surface area contributed by atoms with E-state index in [0.717, 1.165) is 33.7 Å². The molecule has 0 aliphatic rings. The predicted molar refractivity (Wildman–Crippen MR) is 166 cm³/mol. The van der Waals surface area contributed by atoms with Crippen LogP contribution in [0.5, 0.6) is 5.88 Å². The van der Waals surface area contributed by atoms with Crippen molar-refractivity contribution in [2.24, 2.45) is 0 Å². The van der Waals surface area contributed by atoms with Crippen molar-refractivity contribution in [1.82, 2.24) is 24.7 Å². The number of hydrogen-bond acceptors (Lipinski definition) is 6. The number of carboxylic acid groups (broad SMARTS) is 1. The third kappa shape index (κ3) is 6.27. The first-order chi connectivity index (χ1) is 21.9. The van der Waals surface area contributed by atoms with Gasteiger partial charge in [-0.3, -0.25) is 5.10 Å². The second-order valence-corrected chi connectivity index (χ2v) is 10.2. The van der Waals surface area contributed by atoms with E-state index in [2.05, 4.69) is 20.0 Å². The largest absolute Gasteiger partial charge is 0.478 e. The van der Waals surface area contributed by atoms with E-state index in [1.165, 1.54) is 12.1 Å². The van der Waals surface area contributed by atoms with Gasteiger partial charge in [0.2, 0.25) is 5.88 Å². The number of ether oxygens (including phenoxy) is 2. The first-order valence-electron chi connectivity index (χ1n) is 14.0. The number of aromatic amines is 1. The van der Waals surface area contributed by atoms with Crippen LogP contribution < -0.4 is 4.74 Å². The van der Waals surface area contributed by atoms with Gasteiger partial charge in [-0.25, -0.2) is 24.0 Å². The summed E-state index contributed by atoms with van der Waals surface area (Å²) in [7, 11) is 1.62. The Morgan fingerprint density at radius 2 is 1.91 bits per heavy atom. The molecule has 0 spiro atoms. The van der Waals surface area contributed by atoms with E-state index in [9.17, 15) is 14.3 Å². The van der Waals surface area contributed by atoms with Crippen LogP contribution in [0, 0.1) is 12.4 Å². The minimum atomic E-state index is -0.999. The second kappa shape index (κ2) is 12.8. The Morgan fingerprint density at radius 3 is 2.67 bits per heavy atom. The monoisotopic (exact) mass is 602 g/mol. The molecule has 6 aromatic rings. The van der Waals surface area contributed by atoms with Crippen LogP contribution in [-0.4, -0.2) is 49.5 Å². The van der Waals surface area contributed by atoms with Gasteiger partial charge in [0, 0.05) is 49.0 Å². The fraction of sp³-hybridized carbons (Fsp3) is 0.147. The van der Waals surface area contributed by atoms with Crippen molar-refractivity contribution in [3.63, 3.8) is 0 Å². The number of aromatic nitrogens is 5. The van der Waals surface area contributed by atoms with Crippen LogP contribution in [0.4, 0.5) is 10.1 Å². The van der Waals surface area contributed by atoms with E-state index >= 15 is 0 Å². The van der Waals surface area contributed by atoms with Crippen molar-refractivity contribution in [2.75, 3.05) is 13.7 Å². The molecule has 0 atom stereocenters. The molecule has 3 aromatic carbocycles. The fourth-order valence-corrected chi connectivity index (χ4v) is 5.12. The van der Waals surface area contributed by atoms with Gasteiger partial charge < -0.3 is 19.1 Å². The molecule has 0 saturated heterocycles. The molecule has 45 heavy (non-hydrogen) atoms. The van der Waals surface area contributed by atoms with Gasteiger partial charge in [-0.15, -0.1) is 0 Å². The van der Waals surface area contributed by atoms with Crippen molar-refractivity contribution in [2.45, 2.75) is 19.6 Å². The third-order valence-corrected chi connectivity index (χ3v) is 7.40. The van der Waals surface area contributed by atoms with E-state index in [0.29, 0.717) is 42.2 Å². The van der Waals surface area contributed by atoms with E-state index < -0.39 is 11.8 Å². The summed E-state index contributed by atoms with van der Waals surface area (Å²) in [5.41, 5.74) is 6.36. The standard InChI is InChI=1S/C34H27FN6O4/c1-36-25-10-8-24(27(35)19-25)20-45-33-5-3-4-28(39-33)22-7-6-21(26(16-22)29-12-13-37-40-29)18-32-38-30-11-9-23(34(42)43)17-31(30)41(32)14-15-44-2/h3-13,16-17,19H,14-15,18,20H2,2H3,(H,37,40)(H,42,43). The average molecular weight is 603 g/mol. The summed E-state index contributed by atoms with van der Waals surface area (Å²) in [4.78, 5) is 24.4. The quantitative estimate of drug-likeness (QED) is 0.159. The molecule has 0 bridgehead atoms. The Morgan fingerprint density at radius 1 is 1.04 bits per heavy atom. The van der Waals surface area contributed by atoms with Crippen molar-refractivity contribution in [1.29, 1.82) is 0 Å². The van der Waals surface area contributed by atoms with Gasteiger partial charge in [0.1, 0.15) is 18.2 Å². The Kier molecular flexibility index (Phi) is 8.30. The molecule has 0 fully saturated rings. The zero-order chi connectivity index (χ0) is 31.3. The molecular formula is C34H27FN6O4. The molecule has 0 aliphatic heterocycles. The van der Waals surface area contributed by atoms with Crippen LogP contribution in [0.25, 0.3) is 38.4 Å². The Bertz CT molecular complexity index is 2050. The molecule has 3 aromatic heterocycles. The minimum absolute atomic E-state index is 0.0308. The summed E-state index contributed by atoms with van der Waals surface area (Å²) < 4.78 is 27.5. The number of aromatic carboxylic acids is 1.